The third-order valence-electron chi connectivity index (χ3n) is 4.10. The van der Waals surface area contributed by atoms with Gasteiger partial charge in [-0.1, -0.05) is 0 Å². The number of carboxylic acids is 1. The molecule has 0 aliphatic carbocycles. The summed E-state index contributed by atoms with van der Waals surface area (Å²) in [5, 5.41) is 14.7. The van der Waals surface area contributed by atoms with Crippen molar-refractivity contribution in [2.75, 3.05) is 0 Å². The van der Waals surface area contributed by atoms with E-state index >= 15 is 0 Å². The number of carbonyl (C=O) groups excluding carboxylic acids is 3. The Balaban J connectivity index is 2.30. The van der Waals surface area contributed by atoms with Crippen LogP contribution in [0.25, 0.3) is 0 Å². The van der Waals surface area contributed by atoms with Gasteiger partial charge >= 0.3 is 0 Å². The van der Waals surface area contributed by atoms with Gasteiger partial charge < -0.3 is 24.7 Å². The minimum absolute atomic E-state index is 0.127. The molecule has 0 radical (unpaired) electrons. The van der Waals surface area contributed by atoms with E-state index in [9.17, 15) is 36.7 Å². The van der Waals surface area contributed by atoms with E-state index < -0.39 is 62.2 Å². The average molecular weight is 420 g/mol. The molecule has 27 heavy (non-hydrogen) atoms. The highest BCUT2D eigenvalue weighted by Crippen LogP contribution is 2.48. The van der Waals surface area contributed by atoms with Gasteiger partial charge in [-0.2, -0.15) is 0 Å². The molecule has 1 unspecified atom stereocenters. The van der Waals surface area contributed by atoms with Crippen LogP contribution in [0.4, 0.5) is 0 Å². The number of β-lactam (4-membered cyclic amide) rings is 1. The van der Waals surface area contributed by atoms with Gasteiger partial charge in [0, 0.05) is 29.9 Å². The summed E-state index contributed by atoms with van der Waals surface area (Å²) in [6.45, 7) is 3.65. The number of fused-ring (bicyclic) bond motifs is 1. The lowest BCUT2D eigenvalue weighted by Gasteiger charge is -2.50. The highest BCUT2D eigenvalue weighted by molar-refractivity contribution is 7.91. The molecular weight excluding hydrogens is 404 g/mol. The second kappa shape index (κ2) is 7.14. The molecule has 0 aromatic rings. The minimum atomic E-state index is -5.11. The smallest absolute Gasteiger partial charge is 0.235 e. The molecule has 2 heterocycles. The van der Waals surface area contributed by atoms with E-state index in [0.717, 1.165) is 16.5 Å². The summed E-state index contributed by atoms with van der Waals surface area (Å²) in [6.07, 6.45) is 0.923. The first-order chi connectivity index (χ1) is 12.3. The Hall–Kier alpha value is -2.09. The van der Waals surface area contributed by atoms with Crippen LogP contribution >= 0.6 is 0 Å². The average Bonchev–Trinajstić information content (AvgIpc) is 2.78. The van der Waals surface area contributed by atoms with Gasteiger partial charge in [0.25, 0.3) is 0 Å². The van der Waals surface area contributed by atoms with Crippen molar-refractivity contribution in [3.63, 3.8) is 0 Å². The first-order valence-electron chi connectivity index (χ1n) is 7.54. The van der Waals surface area contributed by atoms with E-state index in [2.05, 4.69) is 9.50 Å². The Morgan fingerprint density at radius 3 is 2.48 bits per heavy atom. The first-order valence-corrected chi connectivity index (χ1v) is 10.1. The zero-order valence-corrected chi connectivity index (χ0v) is 16.1. The molecule has 2 aliphatic heterocycles. The fraction of sp³-hybridized carbons (Fsp3) is 0.500. The number of carboxylic acid groups (broad SMARTS) is 1. The van der Waals surface area contributed by atoms with Crippen molar-refractivity contribution in [3.05, 3.63) is 22.2 Å². The number of nitrogens with one attached hydrogen (secondary N) is 1. The van der Waals surface area contributed by atoms with Crippen LogP contribution in [-0.4, -0.2) is 51.5 Å². The van der Waals surface area contributed by atoms with E-state index in [1.807, 2.05) is 0 Å². The maximum atomic E-state index is 12.4. The molecule has 1 saturated heterocycles. The van der Waals surface area contributed by atoms with Gasteiger partial charge in [-0.3, -0.25) is 13.8 Å². The predicted molar refractivity (Wildman–Crippen MR) is 86.7 cm³/mol. The van der Waals surface area contributed by atoms with Gasteiger partial charge in [-0.15, -0.1) is 0 Å². The molecule has 1 N–H and O–H groups in total. The van der Waals surface area contributed by atoms with Gasteiger partial charge in [0.05, 0.1) is 40.0 Å². The lowest BCUT2D eigenvalue weighted by atomic mass is 9.76. The maximum Gasteiger partial charge on any atom is 0.235 e. The monoisotopic (exact) mass is 420 g/mol. The van der Waals surface area contributed by atoms with Gasteiger partial charge in [0.2, 0.25) is 22.2 Å². The molecule has 13 heteroatoms. The third-order valence-corrected chi connectivity index (χ3v) is 5.96. The van der Waals surface area contributed by atoms with Gasteiger partial charge in [0.15, 0.2) is 0 Å². The molecule has 2 aliphatic rings. The largest absolute Gasteiger partial charge is 0.726 e. The number of aliphatic carboxylic acids is 1. The number of amides is 2. The second-order valence-corrected chi connectivity index (χ2v) is 8.76. The van der Waals surface area contributed by atoms with Gasteiger partial charge in [-0.25, -0.2) is 12.6 Å². The van der Waals surface area contributed by atoms with Gasteiger partial charge in [0.1, 0.15) is 0 Å². The van der Waals surface area contributed by atoms with Crippen molar-refractivity contribution in [2.24, 2.45) is 5.92 Å². The standard InChI is InChI=1S/C14H18N2O9S2/c1-7(17)15-4-5-26(21)9-6-8-10(14(2,3)25-27(22,23)24)12(18)16(8)11(9)13(19)20/h4-5,8,10H,6H2,1-3H3,(H,15,17)(H,19,20)(H,22,23,24)/p-2/b5-4+/t8-,10+,26?/m1/s1. The summed E-state index contributed by atoms with van der Waals surface area (Å²) in [5.41, 5.74) is -2.30. The van der Waals surface area contributed by atoms with Crippen molar-refractivity contribution in [1.29, 1.82) is 0 Å². The fourth-order valence-electron chi connectivity index (χ4n) is 3.21. The minimum Gasteiger partial charge on any atom is -0.726 e. The van der Waals surface area contributed by atoms with E-state index in [1.165, 1.54) is 20.8 Å². The van der Waals surface area contributed by atoms with Gasteiger partial charge in [-0.05, 0) is 13.8 Å². The fourth-order valence-corrected chi connectivity index (χ4v) is 4.90. The summed E-state index contributed by atoms with van der Waals surface area (Å²) in [6, 6.07) is -0.852. The Labute approximate surface area is 157 Å². The summed E-state index contributed by atoms with van der Waals surface area (Å²) in [5.74, 6) is -4.08. The second-order valence-electron chi connectivity index (χ2n) is 6.41. The molecule has 1 fully saturated rings. The lowest BCUT2D eigenvalue weighted by molar-refractivity contribution is -0.301. The predicted octanol–water partition coefficient (Wildman–Crippen LogP) is -2.21. The van der Waals surface area contributed by atoms with Crippen molar-refractivity contribution < 1.29 is 40.9 Å². The Morgan fingerprint density at radius 1 is 1.41 bits per heavy atom. The van der Waals surface area contributed by atoms with Crippen LogP contribution in [0.1, 0.15) is 27.2 Å². The molecule has 0 spiro atoms. The molecule has 150 valence electrons. The molecule has 2 amide bonds. The summed E-state index contributed by atoms with van der Waals surface area (Å²) in [4.78, 5) is 35.4. The Bertz CT molecular complexity index is 888. The summed E-state index contributed by atoms with van der Waals surface area (Å²) in [7, 11) is -7.10. The highest BCUT2D eigenvalue weighted by atomic mass is 32.3. The molecule has 3 atom stereocenters. The number of rotatable bonds is 7. The van der Waals surface area contributed by atoms with E-state index in [1.54, 1.807) is 0 Å². The van der Waals surface area contributed by atoms with Crippen molar-refractivity contribution in [1.82, 2.24) is 10.2 Å². The maximum absolute atomic E-state index is 12.4. The third kappa shape index (κ3) is 4.26. The molecule has 0 saturated carbocycles. The number of hydrogen-bond acceptors (Lipinski definition) is 9. The van der Waals surface area contributed by atoms with Crippen LogP contribution in [0.15, 0.2) is 22.2 Å². The zero-order chi connectivity index (χ0) is 20.7. The molecular formula is C14H16N2O9S2-2. The van der Waals surface area contributed by atoms with Crippen molar-refractivity contribution >= 4 is 39.0 Å². The van der Waals surface area contributed by atoms with Crippen LogP contribution in [0.3, 0.4) is 0 Å². The van der Waals surface area contributed by atoms with E-state index in [-0.39, 0.29) is 11.3 Å². The van der Waals surface area contributed by atoms with Crippen LogP contribution < -0.4 is 10.4 Å². The van der Waals surface area contributed by atoms with Crippen LogP contribution in [-0.2, 0) is 39.8 Å². The number of hydrogen-bond donors (Lipinski definition) is 1. The van der Waals surface area contributed by atoms with Crippen LogP contribution in [0.5, 0.6) is 0 Å². The normalized spacial score (nSPS) is 24.0. The highest BCUT2D eigenvalue weighted by Gasteiger charge is 2.60. The van der Waals surface area contributed by atoms with Crippen LogP contribution in [0, 0.1) is 5.92 Å². The molecule has 11 nitrogen and oxygen atoms in total. The quantitative estimate of drug-likeness (QED) is 0.272. The van der Waals surface area contributed by atoms with Crippen molar-refractivity contribution in [2.45, 2.75) is 38.8 Å². The summed E-state index contributed by atoms with van der Waals surface area (Å²) < 4.78 is 49.5. The molecule has 0 aromatic heterocycles. The van der Waals surface area contributed by atoms with E-state index in [4.69, 9.17) is 0 Å². The zero-order valence-electron chi connectivity index (χ0n) is 14.5. The van der Waals surface area contributed by atoms with E-state index in [0.29, 0.717) is 0 Å². The lowest BCUT2D eigenvalue weighted by Crippen LogP contribution is -2.66. The van der Waals surface area contributed by atoms with Crippen LogP contribution in [0.2, 0.25) is 0 Å². The first kappa shape index (κ1) is 21.2. The topological polar surface area (TPSA) is 173 Å². The molecule has 2 rings (SSSR count). The Morgan fingerprint density at radius 2 is 2.00 bits per heavy atom. The van der Waals surface area contributed by atoms with Crippen molar-refractivity contribution in [3.8, 4) is 0 Å². The molecule has 0 bridgehead atoms. The number of nitrogens with zero attached hydrogens (tertiary/aromatic N) is 1. The summed E-state index contributed by atoms with van der Waals surface area (Å²) >= 11 is 0. The SMILES string of the molecule is CC(=O)N/C=C/S(=O)C1=C(C(=O)[O-])N2C(=O)[C@@H](C(C)(C)OS(=O)(=O)[O-])[C@H]2C1. The Kier molecular flexibility index (Phi) is 5.61. The number of carbonyl (C=O) groups is 3. The molecule has 0 aromatic carbocycles.